The monoisotopic (exact) mass is 369 g/mol. The number of likely N-dealkylation sites (N-methyl/N-ethyl adjacent to an activating group) is 1. The number of fused-ring (bicyclic) bond motifs is 1. The molecule has 0 heterocycles. The highest BCUT2D eigenvalue weighted by Crippen LogP contribution is 2.16. The van der Waals surface area contributed by atoms with Crippen LogP contribution in [0.4, 0.5) is 0 Å². The van der Waals surface area contributed by atoms with Gasteiger partial charge < -0.3 is 15.5 Å². The Hall–Kier alpha value is -2.89. The zero-order chi connectivity index (χ0) is 20.0. The first kappa shape index (κ1) is 20.4. The van der Waals surface area contributed by atoms with Crippen molar-refractivity contribution in [2.45, 2.75) is 26.3 Å². The molecule has 0 aliphatic heterocycles. The van der Waals surface area contributed by atoms with Crippen LogP contribution in [0.2, 0.25) is 0 Å². The molecule has 3 amide bonds. The van der Waals surface area contributed by atoms with E-state index >= 15 is 0 Å². The normalized spacial score (nSPS) is 11.9. The molecule has 0 bridgehead atoms. The summed E-state index contributed by atoms with van der Waals surface area (Å²) in [5, 5.41) is 7.57. The van der Waals surface area contributed by atoms with Crippen LogP contribution in [0.1, 0.15) is 19.4 Å². The molecule has 0 spiro atoms. The maximum Gasteiger partial charge on any atom is 0.243 e. The molecule has 1 atom stereocenters. The molecule has 0 saturated carbocycles. The van der Waals surface area contributed by atoms with E-state index in [1.54, 1.807) is 14.1 Å². The average Bonchev–Trinajstić information content (AvgIpc) is 2.63. The Labute approximate surface area is 159 Å². The zero-order valence-electron chi connectivity index (χ0n) is 16.3. The first-order valence-corrected chi connectivity index (χ1v) is 9.03. The number of benzene rings is 2. The summed E-state index contributed by atoms with van der Waals surface area (Å²) in [6, 6.07) is 13.2. The van der Waals surface area contributed by atoms with Crippen molar-refractivity contribution in [1.82, 2.24) is 15.5 Å². The van der Waals surface area contributed by atoms with Crippen LogP contribution in [0.15, 0.2) is 42.5 Å². The molecule has 0 saturated heterocycles. The van der Waals surface area contributed by atoms with Crippen LogP contribution in [0, 0.1) is 5.92 Å². The third-order valence-electron chi connectivity index (χ3n) is 4.36. The lowest BCUT2D eigenvalue weighted by Crippen LogP contribution is -2.51. The number of carbonyl (C=O) groups is 3. The van der Waals surface area contributed by atoms with Gasteiger partial charge in [-0.05, 0) is 22.3 Å². The molecule has 0 aliphatic rings. The molecule has 0 aromatic heterocycles. The van der Waals surface area contributed by atoms with Gasteiger partial charge in [-0.25, -0.2) is 0 Å². The molecule has 2 N–H and O–H groups in total. The molecule has 2 aromatic rings. The van der Waals surface area contributed by atoms with Gasteiger partial charge in [-0.15, -0.1) is 0 Å². The highest BCUT2D eigenvalue weighted by molar-refractivity contribution is 5.91. The average molecular weight is 369 g/mol. The van der Waals surface area contributed by atoms with Crippen molar-refractivity contribution in [3.63, 3.8) is 0 Å². The highest BCUT2D eigenvalue weighted by atomic mass is 16.2. The Morgan fingerprint density at radius 2 is 1.67 bits per heavy atom. The van der Waals surface area contributed by atoms with Gasteiger partial charge in [0.25, 0.3) is 0 Å². The predicted octanol–water partition coefficient (Wildman–Crippen LogP) is 1.73. The van der Waals surface area contributed by atoms with Crippen LogP contribution in [0.3, 0.4) is 0 Å². The fourth-order valence-electron chi connectivity index (χ4n) is 2.72. The fourth-order valence-corrected chi connectivity index (χ4v) is 2.72. The number of nitrogens with one attached hydrogen (secondary N) is 2. The minimum atomic E-state index is -0.687. The Bertz CT molecular complexity index is 830. The minimum Gasteiger partial charge on any atom is -0.347 e. The SMILES string of the molecule is CC(C)C(NC(=O)Cc1ccc2ccccc2c1)C(=O)NCC(=O)N(C)C. The molecular weight excluding hydrogens is 342 g/mol. The van der Waals surface area contributed by atoms with Crippen LogP contribution in [-0.2, 0) is 20.8 Å². The molecule has 0 aliphatic carbocycles. The van der Waals surface area contributed by atoms with Crippen LogP contribution >= 0.6 is 0 Å². The van der Waals surface area contributed by atoms with Gasteiger partial charge in [-0.2, -0.15) is 0 Å². The van der Waals surface area contributed by atoms with E-state index in [0.717, 1.165) is 16.3 Å². The van der Waals surface area contributed by atoms with E-state index in [1.165, 1.54) is 4.90 Å². The summed E-state index contributed by atoms with van der Waals surface area (Å²) in [5.41, 5.74) is 0.886. The Balaban J connectivity index is 1.98. The van der Waals surface area contributed by atoms with E-state index in [1.807, 2.05) is 56.3 Å². The van der Waals surface area contributed by atoms with Crippen LogP contribution in [-0.4, -0.2) is 49.3 Å². The first-order chi connectivity index (χ1) is 12.8. The Morgan fingerprint density at radius 3 is 2.30 bits per heavy atom. The fraction of sp³-hybridized carbons (Fsp3) is 0.381. The molecule has 6 heteroatoms. The zero-order valence-corrected chi connectivity index (χ0v) is 16.3. The lowest BCUT2D eigenvalue weighted by Gasteiger charge is -2.22. The summed E-state index contributed by atoms with van der Waals surface area (Å²) in [6.45, 7) is 3.62. The number of carbonyl (C=O) groups excluding carboxylic acids is 3. The molecule has 2 rings (SSSR count). The number of hydrogen-bond donors (Lipinski definition) is 2. The lowest BCUT2D eigenvalue weighted by atomic mass is 10.0. The van der Waals surface area contributed by atoms with Gasteiger partial charge in [0.1, 0.15) is 6.04 Å². The van der Waals surface area contributed by atoms with Crippen LogP contribution in [0.25, 0.3) is 10.8 Å². The Kier molecular flexibility index (Phi) is 6.93. The van der Waals surface area contributed by atoms with Gasteiger partial charge in [0.2, 0.25) is 17.7 Å². The number of rotatable bonds is 7. The van der Waals surface area contributed by atoms with E-state index in [4.69, 9.17) is 0 Å². The third kappa shape index (κ3) is 5.81. The maximum absolute atomic E-state index is 12.4. The smallest absolute Gasteiger partial charge is 0.243 e. The third-order valence-corrected chi connectivity index (χ3v) is 4.36. The van der Waals surface area contributed by atoms with Gasteiger partial charge in [0.15, 0.2) is 0 Å². The standard InChI is InChI=1S/C21H27N3O3/c1-14(2)20(21(27)22-13-19(26)24(3)4)23-18(25)12-15-9-10-16-7-5-6-8-17(16)11-15/h5-11,14,20H,12-13H2,1-4H3,(H,22,27)(H,23,25). The van der Waals surface area contributed by atoms with Crippen molar-refractivity contribution >= 4 is 28.5 Å². The van der Waals surface area contributed by atoms with E-state index in [-0.39, 0.29) is 36.6 Å². The molecule has 144 valence electrons. The van der Waals surface area contributed by atoms with Crippen molar-refractivity contribution in [1.29, 1.82) is 0 Å². The second-order valence-corrected chi connectivity index (χ2v) is 7.15. The van der Waals surface area contributed by atoms with Crippen molar-refractivity contribution in [2.75, 3.05) is 20.6 Å². The summed E-state index contributed by atoms with van der Waals surface area (Å²) in [7, 11) is 3.25. The number of nitrogens with zero attached hydrogens (tertiary/aromatic N) is 1. The topological polar surface area (TPSA) is 78.5 Å². The van der Waals surface area contributed by atoms with Crippen molar-refractivity contribution in [3.8, 4) is 0 Å². The summed E-state index contributed by atoms with van der Waals surface area (Å²) in [4.78, 5) is 37.9. The van der Waals surface area contributed by atoms with Crippen molar-refractivity contribution in [3.05, 3.63) is 48.0 Å². The molecule has 6 nitrogen and oxygen atoms in total. The Morgan fingerprint density at radius 1 is 1.00 bits per heavy atom. The summed E-state index contributed by atoms with van der Waals surface area (Å²) >= 11 is 0. The second kappa shape index (κ2) is 9.16. The summed E-state index contributed by atoms with van der Waals surface area (Å²) in [6.07, 6.45) is 0.192. The molecular formula is C21H27N3O3. The van der Waals surface area contributed by atoms with E-state index in [9.17, 15) is 14.4 Å². The van der Waals surface area contributed by atoms with Crippen LogP contribution in [0.5, 0.6) is 0 Å². The molecule has 27 heavy (non-hydrogen) atoms. The summed E-state index contributed by atoms with van der Waals surface area (Å²) in [5.74, 6) is -0.876. The largest absolute Gasteiger partial charge is 0.347 e. The van der Waals surface area contributed by atoms with Gasteiger partial charge >= 0.3 is 0 Å². The molecule has 2 aromatic carbocycles. The van der Waals surface area contributed by atoms with Gasteiger partial charge in [-0.3, -0.25) is 14.4 Å². The lowest BCUT2D eigenvalue weighted by molar-refractivity contribution is -0.133. The number of hydrogen-bond acceptors (Lipinski definition) is 3. The first-order valence-electron chi connectivity index (χ1n) is 9.03. The van der Waals surface area contributed by atoms with E-state index in [2.05, 4.69) is 10.6 Å². The van der Waals surface area contributed by atoms with Gasteiger partial charge in [0, 0.05) is 14.1 Å². The highest BCUT2D eigenvalue weighted by Gasteiger charge is 2.24. The van der Waals surface area contributed by atoms with Crippen molar-refractivity contribution < 1.29 is 14.4 Å². The summed E-state index contributed by atoms with van der Waals surface area (Å²) < 4.78 is 0. The molecule has 0 radical (unpaired) electrons. The van der Waals surface area contributed by atoms with Gasteiger partial charge in [-0.1, -0.05) is 56.3 Å². The van der Waals surface area contributed by atoms with Crippen molar-refractivity contribution in [2.24, 2.45) is 5.92 Å². The maximum atomic E-state index is 12.4. The van der Waals surface area contributed by atoms with Gasteiger partial charge in [0.05, 0.1) is 13.0 Å². The minimum absolute atomic E-state index is 0.0877. The van der Waals surface area contributed by atoms with Crippen LogP contribution < -0.4 is 10.6 Å². The molecule has 0 fully saturated rings. The molecule has 1 unspecified atom stereocenters. The predicted molar refractivity (Wildman–Crippen MR) is 106 cm³/mol. The van der Waals surface area contributed by atoms with E-state index in [0.29, 0.717) is 0 Å². The second-order valence-electron chi connectivity index (χ2n) is 7.15. The number of amides is 3. The quantitative estimate of drug-likeness (QED) is 0.780. The van der Waals surface area contributed by atoms with E-state index < -0.39 is 6.04 Å².